The first-order valence-electron chi connectivity index (χ1n) is 4.48. The normalized spacial score (nSPS) is 13.3. The summed E-state index contributed by atoms with van der Waals surface area (Å²) in [5.41, 5.74) is 0. The first-order chi connectivity index (χ1) is 6.09. The number of hydrogen-bond donors (Lipinski definition) is 1. The Kier molecular flexibility index (Phi) is 3.31. The maximum Gasteiger partial charge on any atom is 0.202 e. The smallest absolute Gasteiger partial charge is 0.202 e. The van der Waals surface area contributed by atoms with Gasteiger partial charge in [-0.2, -0.15) is 0 Å². The minimum absolute atomic E-state index is 0.413. The summed E-state index contributed by atoms with van der Waals surface area (Å²) in [6.07, 6.45) is 3.73. The molecule has 74 valence electrons. The standard InChI is InChI=1S/C9H18N4/c1-8(7-12(2)3)11-9-10-5-6-13(9)4/h5-6,8H,7H2,1-4H3,(H,10,11). The second-order valence-electron chi connectivity index (χ2n) is 3.67. The highest BCUT2D eigenvalue weighted by atomic mass is 15.2. The van der Waals surface area contributed by atoms with Crippen molar-refractivity contribution >= 4 is 5.95 Å². The van der Waals surface area contributed by atoms with Crippen LogP contribution in [0.2, 0.25) is 0 Å². The summed E-state index contributed by atoms with van der Waals surface area (Å²) in [7, 11) is 6.12. The van der Waals surface area contributed by atoms with Gasteiger partial charge in [0.25, 0.3) is 0 Å². The molecule has 1 aromatic rings. The molecular formula is C9H18N4. The Morgan fingerprint density at radius 2 is 2.31 bits per heavy atom. The second-order valence-corrected chi connectivity index (χ2v) is 3.67. The Balaban J connectivity index is 2.45. The zero-order valence-electron chi connectivity index (χ0n) is 8.78. The van der Waals surface area contributed by atoms with Crippen molar-refractivity contribution in [3.05, 3.63) is 12.4 Å². The highest BCUT2D eigenvalue weighted by Crippen LogP contribution is 2.03. The highest BCUT2D eigenvalue weighted by molar-refractivity contribution is 5.26. The maximum atomic E-state index is 4.20. The van der Waals surface area contributed by atoms with Gasteiger partial charge < -0.3 is 14.8 Å². The maximum absolute atomic E-state index is 4.20. The van der Waals surface area contributed by atoms with E-state index in [1.54, 1.807) is 6.20 Å². The van der Waals surface area contributed by atoms with Crippen molar-refractivity contribution in [3.8, 4) is 0 Å². The van der Waals surface area contributed by atoms with Crippen molar-refractivity contribution in [2.75, 3.05) is 26.0 Å². The number of hydrogen-bond acceptors (Lipinski definition) is 3. The third-order valence-electron chi connectivity index (χ3n) is 1.84. The van der Waals surface area contributed by atoms with Crippen LogP contribution >= 0.6 is 0 Å². The summed E-state index contributed by atoms with van der Waals surface area (Å²) in [5, 5.41) is 3.33. The predicted molar refractivity (Wildman–Crippen MR) is 54.8 cm³/mol. The zero-order chi connectivity index (χ0) is 9.84. The molecule has 1 rings (SSSR count). The number of anilines is 1. The molecule has 4 heteroatoms. The predicted octanol–water partition coefficient (Wildman–Crippen LogP) is 0.782. The third-order valence-corrected chi connectivity index (χ3v) is 1.84. The average molecular weight is 182 g/mol. The lowest BCUT2D eigenvalue weighted by atomic mass is 10.3. The van der Waals surface area contributed by atoms with Crippen LogP contribution in [0.4, 0.5) is 5.95 Å². The average Bonchev–Trinajstić information content (AvgIpc) is 2.34. The van der Waals surface area contributed by atoms with Crippen LogP contribution < -0.4 is 5.32 Å². The SMILES string of the molecule is CC(CN(C)C)Nc1nccn1C. The topological polar surface area (TPSA) is 33.1 Å². The molecule has 4 nitrogen and oxygen atoms in total. The van der Waals surface area contributed by atoms with Gasteiger partial charge in [0.2, 0.25) is 5.95 Å². The van der Waals surface area contributed by atoms with E-state index in [2.05, 4.69) is 36.2 Å². The lowest BCUT2D eigenvalue weighted by molar-refractivity contribution is 0.391. The molecule has 0 bridgehead atoms. The Morgan fingerprint density at radius 1 is 1.62 bits per heavy atom. The molecule has 0 spiro atoms. The molecule has 0 aliphatic rings. The Morgan fingerprint density at radius 3 is 2.77 bits per heavy atom. The summed E-state index contributed by atoms with van der Waals surface area (Å²) >= 11 is 0. The molecule has 0 aliphatic carbocycles. The summed E-state index contributed by atoms with van der Waals surface area (Å²) in [5.74, 6) is 0.925. The molecule has 0 saturated carbocycles. The Hall–Kier alpha value is -1.03. The minimum Gasteiger partial charge on any atom is -0.352 e. The molecule has 0 fully saturated rings. The van der Waals surface area contributed by atoms with E-state index in [1.807, 2.05) is 17.8 Å². The second kappa shape index (κ2) is 4.28. The molecule has 1 heterocycles. The summed E-state index contributed by atoms with van der Waals surface area (Å²) < 4.78 is 1.98. The molecule has 1 unspecified atom stereocenters. The van der Waals surface area contributed by atoms with E-state index < -0.39 is 0 Å². The lowest BCUT2D eigenvalue weighted by Crippen LogP contribution is -2.30. The van der Waals surface area contributed by atoms with E-state index in [9.17, 15) is 0 Å². The fourth-order valence-corrected chi connectivity index (χ4v) is 1.32. The minimum atomic E-state index is 0.413. The van der Waals surface area contributed by atoms with Crippen molar-refractivity contribution in [1.29, 1.82) is 0 Å². The summed E-state index contributed by atoms with van der Waals surface area (Å²) in [4.78, 5) is 6.35. The number of likely N-dealkylation sites (N-methyl/N-ethyl adjacent to an activating group) is 1. The van der Waals surface area contributed by atoms with Gasteiger partial charge in [0.15, 0.2) is 0 Å². The van der Waals surface area contributed by atoms with Gasteiger partial charge in [-0.15, -0.1) is 0 Å². The fourth-order valence-electron chi connectivity index (χ4n) is 1.32. The van der Waals surface area contributed by atoms with E-state index in [0.29, 0.717) is 6.04 Å². The number of imidazole rings is 1. The fraction of sp³-hybridized carbons (Fsp3) is 0.667. The summed E-state index contributed by atoms with van der Waals surface area (Å²) in [6, 6.07) is 0.413. The monoisotopic (exact) mass is 182 g/mol. The number of nitrogens with zero attached hydrogens (tertiary/aromatic N) is 3. The summed E-state index contributed by atoms with van der Waals surface area (Å²) in [6.45, 7) is 3.15. The van der Waals surface area contributed by atoms with Crippen LogP contribution in [0, 0.1) is 0 Å². The number of nitrogens with one attached hydrogen (secondary N) is 1. The Bertz CT molecular complexity index is 254. The molecule has 1 aromatic heterocycles. The van der Waals surface area contributed by atoms with Gasteiger partial charge in [0.1, 0.15) is 0 Å². The van der Waals surface area contributed by atoms with Crippen molar-refractivity contribution < 1.29 is 0 Å². The van der Waals surface area contributed by atoms with Crippen molar-refractivity contribution in [2.24, 2.45) is 7.05 Å². The molecule has 0 aromatic carbocycles. The van der Waals surface area contributed by atoms with Crippen molar-refractivity contribution in [2.45, 2.75) is 13.0 Å². The largest absolute Gasteiger partial charge is 0.352 e. The Labute approximate surface area is 79.6 Å². The van der Waals surface area contributed by atoms with Crippen LogP contribution in [0.5, 0.6) is 0 Å². The van der Waals surface area contributed by atoms with E-state index in [-0.39, 0.29) is 0 Å². The molecule has 1 N–H and O–H groups in total. The van der Waals surface area contributed by atoms with Gasteiger partial charge in [-0.25, -0.2) is 4.98 Å². The van der Waals surface area contributed by atoms with E-state index in [4.69, 9.17) is 0 Å². The number of rotatable bonds is 4. The van der Waals surface area contributed by atoms with E-state index in [0.717, 1.165) is 12.5 Å². The van der Waals surface area contributed by atoms with Crippen LogP contribution in [0.3, 0.4) is 0 Å². The number of aromatic nitrogens is 2. The first kappa shape index (κ1) is 10.1. The highest BCUT2D eigenvalue weighted by Gasteiger charge is 2.05. The van der Waals surface area contributed by atoms with Crippen LogP contribution in [-0.4, -0.2) is 41.1 Å². The lowest BCUT2D eigenvalue weighted by Gasteiger charge is -2.18. The van der Waals surface area contributed by atoms with Crippen LogP contribution in [0.1, 0.15) is 6.92 Å². The van der Waals surface area contributed by atoms with Crippen LogP contribution in [0.15, 0.2) is 12.4 Å². The van der Waals surface area contributed by atoms with Gasteiger partial charge in [-0.1, -0.05) is 0 Å². The molecule has 0 radical (unpaired) electrons. The van der Waals surface area contributed by atoms with E-state index in [1.165, 1.54) is 0 Å². The molecule has 1 atom stereocenters. The number of aryl methyl sites for hydroxylation is 1. The molecular weight excluding hydrogens is 164 g/mol. The van der Waals surface area contributed by atoms with Gasteiger partial charge >= 0.3 is 0 Å². The first-order valence-corrected chi connectivity index (χ1v) is 4.48. The van der Waals surface area contributed by atoms with Crippen molar-refractivity contribution in [3.63, 3.8) is 0 Å². The van der Waals surface area contributed by atoms with Gasteiger partial charge in [-0.05, 0) is 21.0 Å². The quantitative estimate of drug-likeness (QED) is 0.747. The molecule has 0 aliphatic heterocycles. The van der Waals surface area contributed by atoms with Gasteiger partial charge in [0.05, 0.1) is 0 Å². The van der Waals surface area contributed by atoms with Gasteiger partial charge in [-0.3, -0.25) is 0 Å². The molecule has 13 heavy (non-hydrogen) atoms. The third kappa shape index (κ3) is 3.06. The van der Waals surface area contributed by atoms with Crippen molar-refractivity contribution in [1.82, 2.24) is 14.5 Å². The van der Waals surface area contributed by atoms with Gasteiger partial charge in [0, 0.05) is 32.0 Å². The molecule has 0 amide bonds. The van der Waals surface area contributed by atoms with Crippen LogP contribution in [0.25, 0.3) is 0 Å². The molecule has 0 saturated heterocycles. The van der Waals surface area contributed by atoms with Crippen LogP contribution in [-0.2, 0) is 7.05 Å². The van der Waals surface area contributed by atoms with E-state index >= 15 is 0 Å². The zero-order valence-corrected chi connectivity index (χ0v) is 8.78.